The molecule has 1 rings (SSSR count). The first-order valence-corrected chi connectivity index (χ1v) is 5.05. The number of ketones is 2. The van der Waals surface area contributed by atoms with Gasteiger partial charge in [0, 0.05) is 6.42 Å². The zero-order valence-electron chi connectivity index (χ0n) is 8.96. The van der Waals surface area contributed by atoms with Gasteiger partial charge in [0.2, 0.25) is 5.78 Å². The van der Waals surface area contributed by atoms with Crippen molar-refractivity contribution in [3.05, 3.63) is 35.9 Å². The fourth-order valence-corrected chi connectivity index (χ4v) is 1.30. The number of halogens is 3. The van der Waals surface area contributed by atoms with E-state index in [9.17, 15) is 22.8 Å². The summed E-state index contributed by atoms with van der Waals surface area (Å²) in [7, 11) is 0. The van der Waals surface area contributed by atoms with Crippen LogP contribution < -0.4 is 0 Å². The summed E-state index contributed by atoms with van der Waals surface area (Å²) in [6.07, 6.45) is -5.67. The van der Waals surface area contributed by atoms with Gasteiger partial charge in [0.1, 0.15) is 5.78 Å². The summed E-state index contributed by atoms with van der Waals surface area (Å²) in [5.41, 5.74) is 0.861. The Bertz CT molecular complexity index is 396. The van der Waals surface area contributed by atoms with Crippen LogP contribution in [0.1, 0.15) is 18.4 Å². The Hall–Kier alpha value is -1.65. The molecule has 0 bridgehead atoms. The van der Waals surface area contributed by atoms with Crippen molar-refractivity contribution < 1.29 is 22.8 Å². The maximum Gasteiger partial charge on any atom is 0.450 e. The monoisotopic (exact) mass is 244 g/mol. The Kier molecular flexibility index (Phi) is 4.43. The predicted molar refractivity (Wildman–Crippen MR) is 55.4 cm³/mol. The Morgan fingerprint density at radius 1 is 1.06 bits per heavy atom. The molecule has 0 spiro atoms. The van der Waals surface area contributed by atoms with Gasteiger partial charge in [-0.1, -0.05) is 30.3 Å². The molecule has 0 aliphatic rings. The van der Waals surface area contributed by atoms with E-state index >= 15 is 0 Å². The van der Waals surface area contributed by atoms with E-state index in [4.69, 9.17) is 0 Å². The minimum Gasteiger partial charge on any atom is -0.299 e. The van der Waals surface area contributed by atoms with E-state index in [1.54, 1.807) is 30.3 Å². The van der Waals surface area contributed by atoms with E-state index in [0.29, 0.717) is 6.42 Å². The SMILES string of the molecule is O=C(CCc1ccccc1)CC(=O)C(F)(F)F. The summed E-state index contributed by atoms with van der Waals surface area (Å²) in [6.45, 7) is 0. The lowest BCUT2D eigenvalue weighted by atomic mass is 10.0. The van der Waals surface area contributed by atoms with Gasteiger partial charge in [-0.2, -0.15) is 13.2 Å². The second-order valence-corrected chi connectivity index (χ2v) is 3.62. The lowest BCUT2D eigenvalue weighted by Crippen LogP contribution is -2.25. The van der Waals surface area contributed by atoms with Gasteiger partial charge in [0.25, 0.3) is 0 Å². The van der Waals surface area contributed by atoms with Crippen LogP contribution in [0.3, 0.4) is 0 Å². The lowest BCUT2D eigenvalue weighted by Gasteiger charge is -2.04. The molecule has 0 unspecified atom stereocenters. The smallest absolute Gasteiger partial charge is 0.299 e. The van der Waals surface area contributed by atoms with Crippen LogP contribution >= 0.6 is 0 Å². The first kappa shape index (κ1) is 13.4. The molecule has 1 aromatic carbocycles. The van der Waals surface area contributed by atoms with E-state index in [0.717, 1.165) is 5.56 Å². The van der Waals surface area contributed by atoms with Crippen LogP contribution in [-0.2, 0) is 16.0 Å². The zero-order valence-corrected chi connectivity index (χ0v) is 8.96. The van der Waals surface area contributed by atoms with Crippen LogP contribution in [0.4, 0.5) is 13.2 Å². The molecule has 17 heavy (non-hydrogen) atoms. The normalized spacial score (nSPS) is 11.2. The molecule has 0 amide bonds. The number of carbonyl (C=O) groups is 2. The van der Waals surface area contributed by atoms with E-state index in [2.05, 4.69) is 0 Å². The Morgan fingerprint density at radius 3 is 2.18 bits per heavy atom. The van der Waals surface area contributed by atoms with Gasteiger partial charge in [-0.3, -0.25) is 9.59 Å². The number of benzene rings is 1. The molecule has 0 aromatic heterocycles. The van der Waals surface area contributed by atoms with Gasteiger partial charge in [-0.15, -0.1) is 0 Å². The zero-order chi connectivity index (χ0) is 12.9. The number of alkyl halides is 3. The van der Waals surface area contributed by atoms with E-state index in [-0.39, 0.29) is 6.42 Å². The van der Waals surface area contributed by atoms with E-state index < -0.39 is 24.2 Å². The predicted octanol–water partition coefficient (Wildman–Crippen LogP) is 2.71. The van der Waals surface area contributed by atoms with Gasteiger partial charge in [0.05, 0.1) is 6.42 Å². The van der Waals surface area contributed by atoms with Crippen molar-refractivity contribution in [1.82, 2.24) is 0 Å². The van der Waals surface area contributed by atoms with Crippen LogP contribution in [0.25, 0.3) is 0 Å². The average molecular weight is 244 g/mol. The van der Waals surface area contributed by atoms with Gasteiger partial charge < -0.3 is 0 Å². The number of rotatable bonds is 5. The molecule has 92 valence electrons. The fraction of sp³-hybridized carbons (Fsp3) is 0.333. The first-order valence-electron chi connectivity index (χ1n) is 5.05. The van der Waals surface area contributed by atoms with Crippen molar-refractivity contribution in [3.8, 4) is 0 Å². The molecule has 0 N–H and O–H groups in total. The lowest BCUT2D eigenvalue weighted by molar-refractivity contribution is -0.171. The molecule has 0 saturated heterocycles. The third-order valence-corrected chi connectivity index (χ3v) is 2.21. The molecule has 0 aliphatic heterocycles. The first-order chi connectivity index (χ1) is 7.89. The second kappa shape index (κ2) is 5.61. The molecule has 1 aromatic rings. The molecule has 0 fully saturated rings. The second-order valence-electron chi connectivity index (χ2n) is 3.62. The number of Topliss-reactive ketones (excluding diaryl/α,β-unsaturated/α-hetero) is 2. The molecule has 0 aliphatic carbocycles. The third kappa shape index (κ3) is 4.80. The summed E-state index contributed by atoms with van der Waals surface area (Å²) in [6, 6.07) is 8.91. The summed E-state index contributed by atoms with van der Waals surface area (Å²) >= 11 is 0. The number of hydrogen-bond donors (Lipinski definition) is 0. The maximum atomic E-state index is 11.9. The highest BCUT2D eigenvalue weighted by molar-refractivity contribution is 6.01. The van der Waals surface area contributed by atoms with E-state index in [1.165, 1.54) is 0 Å². The number of hydrogen-bond acceptors (Lipinski definition) is 2. The van der Waals surface area contributed by atoms with Crippen LogP contribution in [0.5, 0.6) is 0 Å². The fourth-order valence-electron chi connectivity index (χ4n) is 1.30. The van der Waals surface area contributed by atoms with Crippen molar-refractivity contribution in [2.45, 2.75) is 25.4 Å². The molecule has 0 saturated carbocycles. The van der Waals surface area contributed by atoms with Crippen molar-refractivity contribution in [2.24, 2.45) is 0 Å². The van der Waals surface area contributed by atoms with Gasteiger partial charge in [0.15, 0.2) is 0 Å². The maximum absolute atomic E-state index is 11.9. The number of aryl methyl sites for hydroxylation is 1. The summed E-state index contributed by atoms with van der Waals surface area (Å²) in [5, 5.41) is 0. The van der Waals surface area contributed by atoms with Crippen LogP contribution in [0, 0.1) is 0 Å². The molecular weight excluding hydrogens is 233 g/mol. The topological polar surface area (TPSA) is 34.1 Å². The summed E-state index contributed by atoms with van der Waals surface area (Å²) in [5.74, 6) is -2.66. The quantitative estimate of drug-likeness (QED) is 0.746. The van der Waals surface area contributed by atoms with Crippen molar-refractivity contribution in [1.29, 1.82) is 0 Å². The minimum absolute atomic E-state index is 0.0498. The minimum atomic E-state index is -4.91. The average Bonchev–Trinajstić information content (AvgIpc) is 2.26. The standard InChI is InChI=1S/C12H11F3O2/c13-12(14,15)11(17)8-10(16)7-6-9-4-2-1-3-5-9/h1-5H,6-8H2. The van der Waals surface area contributed by atoms with E-state index in [1.807, 2.05) is 0 Å². The molecular formula is C12H11F3O2. The molecule has 0 atom stereocenters. The third-order valence-electron chi connectivity index (χ3n) is 2.21. The van der Waals surface area contributed by atoms with Crippen molar-refractivity contribution in [2.75, 3.05) is 0 Å². The van der Waals surface area contributed by atoms with Gasteiger partial charge in [-0.25, -0.2) is 0 Å². The molecule has 5 heteroatoms. The largest absolute Gasteiger partial charge is 0.450 e. The summed E-state index contributed by atoms with van der Waals surface area (Å²) in [4.78, 5) is 21.7. The Labute approximate surface area is 96.4 Å². The van der Waals surface area contributed by atoms with Crippen LogP contribution in [-0.4, -0.2) is 17.7 Å². The Morgan fingerprint density at radius 2 is 1.65 bits per heavy atom. The van der Waals surface area contributed by atoms with Crippen LogP contribution in [0.15, 0.2) is 30.3 Å². The van der Waals surface area contributed by atoms with Gasteiger partial charge in [-0.05, 0) is 12.0 Å². The highest BCUT2D eigenvalue weighted by Crippen LogP contribution is 2.18. The summed E-state index contributed by atoms with van der Waals surface area (Å²) < 4.78 is 35.6. The van der Waals surface area contributed by atoms with Crippen LogP contribution in [0.2, 0.25) is 0 Å². The van der Waals surface area contributed by atoms with Crippen molar-refractivity contribution >= 4 is 11.6 Å². The highest BCUT2D eigenvalue weighted by atomic mass is 19.4. The van der Waals surface area contributed by atoms with Gasteiger partial charge >= 0.3 is 6.18 Å². The highest BCUT2D eigenvalue weighted by Gasteiger charge is 2.38. The molecule has 2 nitrogen and oxygen atoms in total. The molecule has 0 heterocycles. The molecule has 0 radical (unpaired) electrons. The van der Waals surface area contributed by atoms with Crippen molar-refractivity contribution in [3.63, 3.8) is 0 Å². The Balaban J connectivity index is 2.39. The number of carbonyl (C=O) groups excluding carboxylic acids is 2.